The molecule has 0 unspecified atom stereocenters. The minimum Gasteiger partial charge on any atom is -0.495 e. The summed E-state index contributed by atoms with van der Waals surface area (Å²) in [7, 11) is -2.82. The third-order valence-electron chi connectivity index (χ3n) is 6.28. The molecule has 0 aliphatic rings. The molecule has 0 atom stereocenters. The highest BCUT2D eigenvalue weighted by Crippen LogP contribution is 2.34. The summed E-state index contributed by atoms with van der Waals surface area (Å²) < 4.78 is 33.8. The normalized spacial score (nSPS) is 11.5. The van der Waals surface area contributed by atoms with Crippen LogP contribution in [-0.4, -0.2) is 39.6 Å². The number of amides is 2. The lowest BCUT2D eigenvalue weighted by Gasteiger charge is -2.25. The molecule has 9 nitrogen and oxygen atoms in total. The molecule has 4 aromatic carbocycles. The number of sulfonamides is 1. The highest BCUT2D eigenvalue weighted by molar-refractivity contribution is 7.92. The third-order valence-corrected chi connectivity index (χ3v) is 8.52. The van der Waals surface area contributed by atoms with Gasteiger partial charge >= 0.3 is 0 Å². The minimum atomic E-state index is -4.21. The standard InChI is InChI=1S/C31H28Cl2N4O5S/c1-20-10-13-27(14-11-20)43(40,41)37(28-18-25(33)12-15-29(28)42-3)19-30(38)36-35-21(2)22-6-5-9-26(17-22)34-31(39)23-7-4-8-24(32)16-23/h4-18H,19H2,1-3H3,(H,34,39)(H,36,38)/b35-21-. The van der Waals surface area contributed by atoms with E-state index in [9.17, 15) is 18.0 Å². The van der Waals surface area contributed by atoms with Gasteiger partial charge in [0, 0.05) is 21.3 Å². The van der Waals surface area contributed by atoms with E-state index in [4.69, 9.17) is 27.9 Å². The number of nitrogens with zero attached hydrogens (tertiary/aromatic N) is 2. The van der Waals surface area contributed by atoms with Crippen molar-refractivity contribution in [3.05, 3.63) is 118 Å². The molecule has 0 fully saturated rings. The van der Waals surface area contributed by atoms with Crippen molar-refractivity contribution >= 4 is 62.1 Å². The second-order valence-corrected chi connectivity index (χ2v) is 12.2. The number of hydrogen-bond donors (Lipinski definition) is 2. The van der Waals surface area contributed by atoms with Crippen molar-refractivity contribution < 1.29 is 22.7 Å². The van der Waals surface area contributed by atoms with Gasteiger partial charge in [0.1, 0.15) is 12.3 Å². The minimum absolute atomic E-state index is 0.00996. The summed E-state index contributed by atoms with van der Waals surface area (Å²) in [6.45, 7) is 2.89. The predicted molar refractivity (Wildman–Crippen MR) is 170 cm³/mol. The lowest BCUT2D eigenvalue weighted by molar-refractivity contribution is -0.119. The molecule has 0 aliphatic heterocycles. The number of methoxy groups -OCH3 is 1. The van der Waals surface area contributed by atoms with E-state index >= 15 is 0 Å². The molecule has 0 bridgehead atoms. The number of rotatable bonds is 10. The molecule has 222 valence electrons. The Morgan fingerprint density at radius 3 is 2.26 bits per heavy atom. The van der Waals surface area contributed by atoms with Gasteiger partial charge in [-0.2, -0.15) is 5.10 Å². The maximum atomic E-state index is 13.7. The monoisotopic (exact) mass is 638 g/mol. The SMILES string of the molecule is COc1ccc(Cl)cc1N(CC(=O)N/N=C(/C)c1cccc(NC(=O)c2cccc(Cl)c2)c1)S(=O)(=O)c1ccc(C)cc1. The number of hydrogen-bond acceptors (Lipinski definition) is 6. The van der Waals surface area contributed by atoms with E-state index in [1.807, 2.05) is 6.92 Å². The van der Waals surface area contributed by atoms with Gasteiger partial charge < -0.3 is 10.1 Å². The number of aryl methyl sites for hydroxylation is 1. The van der Waals surface area contributed by atoms with Crippen molar-refractivity contribution in [2.75, 3.05) is 23.3 Å². The summed E-state index contributed by atoms with van der Waals surface area (Å²) in [5, 5.41) is 7.67. The molecule has 0 saturated heterocycles. The molecule has 4 aromatic rings. The average molecular weight is 640 g/mol. The molecule has 4 rings (SSSR count). The summed E-state index contributed by atoms with van der Waals surface area (Å²) in [6, 6.07) is 24.2. The fourth-order valence-corrected chi connectivity index (χ4v) is 5.81. The Morgan fingerprint density at radius 1 is 0.884 bits per heavy atom. The van der Waals surface area contributed by atoms with E-state index in [-0.39, 0.29) is 27.3 Å². The Kier molecular flexibility index (Phi) is 10.1. The van der Waals surface area contributed by atoms with Crippen LogP contribution >= 0.6 is 23.2 Å². The summed E-state index contributed by atoms with van der Waals surface area (Å²) in [5.74, 6) is -0.833. The lowest BCUT2D eigenvalue weighted by atomic mass is 10.1. The summed E-state index contributed by atoms with van der Waals surface area (Å²) in [4.78, 5) is 25.7. The second-order valence-electron chi connectivity index (χ2n) is 9.42. The fourth-order valence-electron chi connectivity index (χ4n) is 4.03. The molecule has 0 aliphatic carbocycles. The number of ether oxygens (including phenoxy) is 1. The van der Waals surface area contributed by atoms with Gasteiger partial charge in [-0.3, -0.25) is 13.9 Å². The van der Waals surface area contributed by atoms with Crippen LogP contribution in [0, 0.1) is 6.92 Å². The van der Waals surface area contributed by atoms with Crippen molar-refractivity contribution in [2.24, 2.45) is 5.10 Å². The summed E-state index contributed by atoms with van der Waals surface area (Å²) in [6.07, 6.45) is 0. The van der Waals surface area contributed by atoms with E-state index < -0.39 is 22.5 Å². The molecule has 43 heavy (non-hydrogen) atoms. The van der Waals surface area contributed by atoms with Crippen molar-refractivity contribution in [3.8, 4) is 5.75 Å². The summed E-state index contributed by atoms with van der Waals surface area (Å²) >= 11 is 12.2. The van der Waals surface area contributed by atoms with Gasteiger partial charge in [0.2, 0.25) is 0 Å². The van der Waals surface area contributed by atoms with E-state index in [1.54, 1.807) is 73.7 Å². The number of benzene rings is 4. The van der Waals surface area contributed by atoms with Crippen molar-refractivity contribution in [1.29, 1.82) is 0 Å². The van der Waals surface area contributed by atoms with Crippen LogP contribution in [0.1, 0.15) is 28.4 Å². The van der Waals surface area contributed by atoms with Gasteiger partial charge in [0.05, 0.1) is 23.4 Å². The van der Waals surface area contributed by atoms with Crippen molar-refractivity contribution in [3.63, 3.8) is 0 Å². The molecule has 12 heteroatoms. The lowest BCUT2D eigenvalue weighted by Crippen LogP contribution is -2.40. The first-order valence-electron chi connectivity index (χ1n) is 12.9. The molecule has 2 amide bonds. The highest BCUT2D eigenvalue weighted by atomic mass is 35.5. The molecule has 0 heterocycles. The van der Waals surface area contributed by atoms with E-state index in [1.165, 1.54) is 31.4 Å². The van der Waals surface area contributed by atoms with Gasteiger partial charge in [-0.1, -0.05) is 59.1 Å². The Labute approximate surface area is 260 Å². The average Bonchev–Trinajstić information content (AvgIpc) is 2.99. The van der Waals surface area contributed by atoms with Gasteiger partial charge in [-0.05, 0) is 80.1 Å². The molecule has 0 radical (unpaired) electrons. The molecule has 2 N–H and O–H groups in total. The van der Waals surface area contributed by atoms with E-state index in [0.29, 0.717) is 27.5 Å². The predicted octanol–water partition coefficient (Wildman–Crippen LogP) is 6.30. The zero-order valence-corrected chi connectivity index (χ0v) is 25.8. The van der Waals surface area contributed by atoms with E-state index in [0.717, 1.165) is 9.87 Å². The number of anilines is 2. The number of halogens is 2. The quantitative estimate of drug-likeness (QED) is 0.156. The fraction of sp³-hybridized carbons (Fsp3) is 0.129. The second kappa shape index (κ2) is 13.7. The summed E-state index contributed by atoms with van der Waals surface area (Å²) in [5.41, 5.74) is 5.33. The smallest absolute Gasteiger partial charge is 0.264 e. The first-order chi connectivity index (χ1) is 20.5. The van der Waals surface area contributed by atoms with Gasteiger partial charge in [0.15, 0.2) is 0 Å². The van der Waals surface area contributed by atoms with Crippen LogP contribution in [0.5, 0.6) is 5.75 Å². The maximum absolute atomic E-state index is 13.7. The Bertz CT molecular complexity index is 1790. The molecule has 0 saturated carbocycles. The van der Waals surface area contributed by atoms with Crippen LogP contribution in [0.2, 0.25) is 10.0 Å². The Morgan fingerprint density at radius 2 is 1.56 bits per heavy atom. The molecule has 0 aromatic heterocycles. The molecule has 0 spiro atoms. The van der Waals surface area contributed by atoms with Crippen LogP contribution < -0.4 is 19.8 Å². The number of carbonyl (C=O) groups is 2. The van der Waals surface area contributed by atoms with Gasteiger partial charge in [0.25, 0.3) is 21.8 Å². The van der Waals surface area contributed by atoms with Crippen LogP contribution in [0.4, 0.5) is 11.4 Å². The van der Waals surface area contributed by atoms with E-state index in [2.05, 4.69) is 15.8 Å². The highest BCUT2D eigenvalue weighted by Gasteiger charge is 2.29. The largest absolute Gasteiger partial charge is 0.495 e. The van der Waals surface area contributed by atoms with Crippen LogP contribution in [0.3, 0.4) is 0 Å². The zero-order chi connectivity index (χ0) is 31.1. The van der Waals surface area contributed by atoms with Gasteiger partial charge in [-0.15, -0.1) is 0 Å². The first-order valence-corrected chi connectivity index (χ1v) is 15.1. The topological polar surface area (TPSA) is 117 Å². The number of hydrazone groups is 1. The van der Waals surface area contributed by atoms with Crippen molar-refractivity contribution in [1.82, 2.24) is 5.43 Å². The van der Waals surface area contributed by atoms with Gasteiger partial charge in [-0.25, -0.2) is 13.8 Å². The first kappa shape index (κ1) is 31.6. The third kappa shape index (κ3) is 7.92. The van der Waals surface area contributed by atoms with Crippen LogP contribution in [-0.2, 0) is 14.8 Å². The molecular weight excluding hydrogens is 611 g/mol. The number of nitrogens with one attached hydrogen (secondary N) is 2. The maximum Gasteiger partial charge on any atom is 0.264 e. The Hall–Kier alpha value is -4.38. The van der Waals surface area contributed by atoms with Crippen LogP contribution in [0.25, 0.3) is 0 Å². The molecular formula is C31H28Cl2N4O5S. The Balaban J connectivity index is 1.55. The zero-order valence-electron chi connectivity index (χ0n) is 23.5. The van der Waals surface area contributed by atoms with Crippen LogP contribution in [0.15, 0.2) is 101 Å². The van der Waals surface area contributed by atoms with Crippen molar-refractivity contribution in [2.45, 2.75) is 18.7 Å². The number of carbonyl (C=O) groups excluding carboxylic acids is 2.